The molecule has 0 aliphatic heterocycles. The second-order valence-corrected chi connectivity index (χ2v) is 5.86. The zero-order valence-corrected chi connectivity index (χ0v) is 13.2. The first-order chi connectivity index (χ1) is 9.85. The van der Waals surface area contributed by atoms with Gasteiger partial charge in [0.1, 0.15) is 17.4 Å². The average molecular weight is 357 g/mol. The van der Waals surface area contributed by atoms with Crippen LogP contribution in [-0.4, -0.2) is 12.2 Å². The van der Waals surface area contributed by atoms with Crippen LogP contribution >= 0.6 is 15.9 Å². The number of methoxy groups -OCH3 is 1. The number of hydrogen-bond acceptors (Lipinski definition) is 2. The molecule has 5 heteroatoms. The molecule has 2 aromatic rings. The van der Waals surface area contributed by atoms with Crippen LogP contribution in [0.3, 0.4) is 0 Å². The van der Waals surface area contributed by atoms with Gasteiger partial charge in [0.15, 0.2) is 0 Å². The van der Waals surface area contributed by atoms with E-state index in [2.05, 4.69) is 15.9 Å². The topological polar surface area (TPSA) is 29.5 Å². The minimum Gasteiger partial charge on any atom is -0.496 e. The van der Waals surface area contributed by atoms with Crippen LogP contribution in [0.25, 0.3) is 0 Å². The summed E-state index contributed by atoms with van der Waals surface area (Å²) in [5.41, 5.74) is -0.729. The Labute approximate surface area is 130 Å². The highest BCUT2D eigenvalue weighted by Crippen LogP contribution is 2.36. The lowest BCUT2D eigenvalue weighted by Crippen LogP contribution is -2.26. The van der Waals surface area contributed by atoms with E-state index in [1.807, 2.05) is 0 Å². The molecule has 0 aromatic heterocycles. The average Bonchev–Trinajstić information content (AvgIpc) is 2.41. The van der Waals surface area contributed by atoms with Crippen molar-refractivity contribution in [1.29, 1.82) is 0 Å². The lowest BCUT2D eigenvalue weighted by molar-refractivity contribution is 0.0508. The van der Waals surface area contributed by atoms with Gasteiger partial charge in [0.2, 0.25) is 0 Å². The first-order valence-corrected chi connectivity index (χ1v) is 7.14. The molecule has 0 amide bonds. The molecule has 0 saturated carbocycles. The minimum absolute atomic E-state index is 0.0868. The van der Waals surface area contributed by atoms with Crippen LogP contribution in [0.4, 0.5) is 8.78 Å². The molecular weight excluding hydrogens is 342 g/mol. The zero-order chi connectivity index (χ0) is 15.6. The largest absolute Gasteiger partial charge is 0.496 e. The predicted octanol–water partition coefficient (Wildman–Crippen LogP) is 4.19. The summed E-state index contributed by atoms with van der Waals surface area (Å²) < 4.78 is 32.9. The molecule has 112 valence electrons. The molecule has 1 unspecified atom stereocenters. The number of aliphatic hydroxyl groups is 1. The van der Waals surface area contributed by atoms with Gasteiger partial charge in [-0.1, -0.05) is 28.1 Å². The lowest BCUT2D eigenvalue weighted by atomic mass is 9.88. The lowest BCUT2D eigenvalue weighted by Gasteiger charge is -2.26. The quantitative estimate of drug-likeness (QED) is 0.889. The van der Waals surface area contributed by atoms with Crippen molar-refractivity contribution in [2.45, 2.75) is 18.9 Å². The van der Waals surface area contributed by atoms with E-state index in [1.165, 1.54) is 38.3 Å². The standard InChI is InChI=1S/C16H15BrF2O2/c1-16(20,9-10-6-7-11(18)8-12(10)17)15-13(19)4-3-5-14(15)21-2/h3-8,20H,9H2,1-2H3. The first kappa shape index (κ1) is 15.9. The monoisotopic (exact) mass is 356 g/mol. The van der Waals surface area contributed by atoms with Gasteiger partial charge < -0.3 is 9.84 Å². The van der Waals surface area contributed by atoms with Crippen molar-refractivity contribution in [3.05, 3.63) is 63.6 Å². The SMILES string of the molecule is COc1cccc(F)c1C(C)(O)Cc1ccc(F)cc1Br. The van der Waals surface area contributed by atoms with Gasteiger partial charge in [-0.25, -0.2) is 8.78 Å². The molecule has 2 rings (SSSR count). The molecule has 0 spiro atoms. The number of halogens is 3. The third kappa shape index (κ3) is 3.41. The molecule has 0 fully saturated rings. The summed E-state index contributed by atoms with van der Waals surface area (Å²) in [5.74, 6) is -0.649. The van der Waals surface area contributed by atoms with Gasteiger partial charge in [-0.2, -0.15) is 0 Å². The maximum atomic E-state index is 14.1. The summed E-state index contributed by atoms with van der Waals surface area (Å²) in [6.07, 6.45) is 0.116. The molecule has 21 heavy (non-hydrogen) atoms. The summed E-state index contributed by atoms with van der Waals surface area (Å²) in [5, 5.41) is 10.7. The Morgan fingerprint density at radius 2 is 1.95 bits per heavy atom. The maximum absolute atomic E-state index is 14.1. The molecule has 0 aliphatic rings. The first-order valence-electron chi connectivity index (χ1n) is 6.34. The van der Waals surface area contributed by atoms with Gasteiger partial charge in [-0.15, -0.1) is 0 Å². The number of ether oxygens (including phenoxy) is 1. The summed E-state index contributed by atoms with van der Waals surface area (Å²) in [4.78, 5) is 0. The fourth-order valence-corrected chi connectivity index (χ4v) is 2.81. The molecular formula is C16H15BrF2O2. The Bertz CT molecular complexity index is 657. The van der Waals surface area contributed by atoms with Crippen molar-refractivity contribution < 1.29 is 18.6 Å². The Balaban J connectivity index is 2.43. The van der Waals surface area contributed by atoms with E-state index in [1.54, 1.807) is 12.1 Å². The molecule has 2 nitrogen and oxygen atoms in total. The highest BCUT2D eigenvalue weighted by Gasteiger charge is 2.31. The molecule has 0 radical (unpaired) electrons. The van der Waals surface area contributed by atoms with Crippen molar-refractivity contribution in [3.63, 3.8) is 0 Å². The molecule has 1 atom stereocenters. The molecule has 0 aliphatic carbocycles. The van der Waals surface area contributed by atoms with Gasteiger partial charge in [-0.05, 0) is 36.8 Å². The Morgan fingerprint density at radius 1 is 1.24 bits per heavy atom. The van der Waals surface area contributed by atoms with Gasteiger partial charge in [0.05, 0.1) is 18.3 Å². The van der Waals surface area contributed by atoms with Crippen molar-refractivity contribution in [2.75, 3.05) is 7.11 Å². The fraction of sp³-hybridized carbons (Fsp3) is 0.250. The van der Waals surface area contributed by atoms with E-state index in [0.29, 0.717) is 10.0 Å². The van der Waals surface area contributed by atoms with E-state index >= 15 is 0 Å². The summed E-state index contributed by atoms with van der Waals surface area (Å²) in [7, 11) is 1.42. The number of benzene rings is 2. The van der Waals surface area contributed by atoms with Crippen molar-refractivity contribution in [1.82, 2.24) is 0 Å². The van der Waals surface area contributed by atoms with Gasteiger partial charge in [0, 0.05) is 10.9 Å². The van der Waals surface area contributed by atoms with E-state index < -0.39 is 11.4 Å². The van der Waals surface area contributed by atoms with Crippen LogP contribution in [0.1, 0.15) is 18.1 Å². The zero-order valence-electron chi connectivity index (χ0n) is 11.7. The summed E-state index contributed by atoms with van der Waals surface area (Å²) in [6.45, 7) is 1.50. The van der Waals surface area contributed by atoms with Gasteiger partial charge in [0.25, 0.3) is 0 Å². The van der Waals surface area contributed by atoms with Crippen molar-refractivity contribution in [2.24, 2.45) is 0 Å². The van der Waals surface area contributed by atoms with E-state index in [0.717, 1.165) is 0 Å². The molecule has 0 heterocycles. The number of hydrogen-bond donors (Lipinski definition) is 1. The third-order valence-corrected chi connectivity index (χ3v) is 4.02. The summed E-state index contributed by atoms with van der Waals surface area (Å²) >= 11 is 3.25. The van der Waals surface area contributed by atoms with Crippen LogP contribution in [0.5, 0.6) is 5.75 Å². The Morgan fingerprint density at radius 3 is 2.57 bits per heavy atom. The van der Waals surface area contributed by atoms with Crippen LogP contribution < -0.4 is 4.74 Å². The van der Waals surface area contributed by atoms with Crippen LogP contribution in [0.2, 0.25) is 0 Å². The van der Waals surface area contributed by atoms with Gasteiger partial charge >= 0.3 is 0 Å². The van der Waals surface area contributed by atoms with Crippen LogP contribution in [0.15, 0.2) is 40.9 Å². The Kier molecular flexibility index (Phi) is 4.64. The van der Waals surface area contributed by atoms with Crippen LogP contribution in [-0.2, 0) is 12.0 Å². The summed E-state index contributed by atoms with van der Waals surface area (Å²) in [6, 6.07) is 8.54. The smallest absolute Gasteiger partial charge is 0.133 e. The van der Waals surface area contributed by atoms with E-state index in [9.17, 15) is 13.9 Å². The highest BCUT2D eigenvalue weighted by atomic mass is 79.9. The second-order valence-electron chi connectivity index (χ2n) is 5.00. The molecule has 0 saturated heterocycles. The third-order valence-electron chi connectivity index (χ3n) is 3.28. The van der Waals surface area contributed by atoms with Crippen molar-refractivity contribution >= 4 is 15.9 Å². The normalized spacial score (nSPS) is 13.8. The minimum atomic E-state index is -1.49. The van der Waals surface area contributed by atoms with Gasteiger partial charge in [-0.3, -0.25) is 0 Å². The predicted molar refractivity (Wildman–Crippen MR) is 80.3 cm³/mol. The number of rotatable bonds is 4. The van der Waals surface area contributed by atoms with Crippen LogP contribution in [0, 0.1) is 11.6 Å². The Hall–Kier alpha value is -1.46. The molecule has 0 bridgehead atoms. The molecule has 1 N–H and O–H groups in total. The van der Waals surface area contributed by atoms with E-state index in [-0.39, 0.29) is 23.6 Å². The van der Waals surface area contributed by atoms with E-state index in [4.69, 9.17) is 4.74 Å². The molecule has 2 aromatic carbocycles. The highest BCUT2D eigenvalue weighted by molar-refractivity contribution is 9.10. The fourth-order valence-electron chi connectivity index (χ4n) is 2.32. The second kappa shape index (κ2) is 6.12. The maximum Gasteiger partial charge on any atom is 0.133 e. The van der Waals surface area contributed by atoms with Crippen molar-refractivity contribution in [3.8, 4) is 5.75 Å².